The second kappa shape index (κ2) is 7.99. The molecule has 31 heavy (non-hydrogen) atoms. The third kappa shape index (κ3) is 3.67. The minimum Gasteiger partial charge on any atom is -0.393 e. The summed E-state index contributed by atoms with van der Waals surface area (Å²) in [7, 11) is 0. The molecular formula is C28H42O2S. The molecule has 4 aliphatic rings. The van der Waals surface area contributed by atoms with Crippen LogP contribution in [0.2, 0.25) is 0 Å². The molecule has 0 spiro atoms. The molecule has 0 radical (unpaired) electrons. The van der Waals surface area contributed by atoms with Crippen LogP contribution >= 0.6 is 11.3 Å². The van der Waals surface area contributed by atoms with E-state index in [4.69, 9.17) is 0 Å². The fourth-order valence-corrected chi connectivity index (χ4v) is 9.66. The normalized spacial score (nSPS) is 44.0. The maximum atomic E-state index is 11.7. The molecule has 8 atom stereocenters. The van der Waals surface area contributed by atoms with Gasteiger partial charge in [0.2, 0.25) is 0 Å². The van der Waals surface area contributed by atoms with Crippen LogP contribution in [0.3, 0.4) is 0 Å². The van der Waals surface area contributed by atoms with Gasteiger partial charge >= 0.3 is 0 Å². The molecule has 5 rings (SSSR count). The van der Waals surface area contributed by atoms with E-state index in [0.29, 0.717) is 11.3 Å². The van der Waals surface area contributed by atoms with Crippen molar-refractivity contribution in [1.82, 2.24) is 0 Å². The Morgan fingerprint density at radius 1 is 1.13 bits per heavy atom. The number of thiophene rings is 1. The van der Waals surface area contributed by atoms with Crippen molar-refractivity contribution in [2.75, 3.05) is 0 Å². The molecule has 1 aromatic rings. The number of rotatable bonds is 5. The molecule has 172 valence electrons. The van der Waals surface area contributed by atoms with Crippen LogP contribution in [0.4, 0.5) is 0 Å². The summed E-state index contributed by atoms with van der Waals surface area (Å²) in [6, 6.07) is 4.36. The zero-order chi connectivity index (χ0) is 21.9. The van der Waals surface area contributed by atoms with Crippen LogP contribution in [0, 0.1) is 34.5 Å². The first-order valence-corrected chi connectivity index (χ1v) is 13.7. The van der Waals surface area contributed by atoms with Crippen molar-refractivity contribution in [3.8, 4) is 0 Å². The molecule has 3 fully saturated rings. The highest BCUT2D eigenvalue weighted by molar-refractivity contribution is 7.09. The fourth-order valence-electron chi connectivity index (χ4n) is 8.91. The minimum atomic E-state index is -0.553. The van der Waals surface area contributed by atoms with Gasteiger partial charge in [-0.1, -0.05) is 31.6 Å². The van der Waals surface area contributed by atoms with Crippen LogP contribution < -0.4 is 0 Å². The lowest BCUT2D eigenvalue weighted by molar-refractivity contribution is -0.105. The number of aliphatic hydroxyl groups excluding tert-OH is 1. The van der Waals surface area contributed by atoms with Crippen molar-refractivity contribution in [3.63, 3.8) is 0 Å². The number of aryl methyl sites for hydroxylation is 1. The van der Waals surface area contributed by atoms with Crippen LogP contribution in [0.5, 0.6) is 0 Å². The summed E-state index contributed by atoms with van der Waals surface area (Å²) in [4.78, 5) is 1.45. The molecule has 0 amide bonds. The van der Waals surface area contributed by atoms with Crippen LogP contribution in [0.1, 0.15) is 89.9 Å². The lowest BCUT2D eigenvalue weighted by Gasteiger charge is -2.59. The predicted octanol–water partition coefficient (Wildman–Crippen LogP) is 6.76. The lowest BCUT2D eigenvalue weighted by Crippen LogP contribution is -2.53. The molecule has 0 aliphatic heterocycles. The van der Waals surface area contributed by atoms with Gasteiger partial charge in [-0.3, -0.25) is 0 Å². The predicted molar refractivity (Wildman–Crippen MR) is 129 cm³/mol. The fraction of sp³-hybridized carbons (Fsp3) is 0.786. The number of hydrogen-bond acceptors (Lipinski definition) is 3. The smallest absolute Gasteiger partial charge is 0.0653 e. The quantitative estimate of drug-likeness (QED) is 0.494. The molecular weight excluding hydrogens is 400 g/mol. The largest absolute Gasteiger partial charge is 0.393 e. The van der Waals surface area contributed by atoms with E-state index in [-0.39, 0.29) is 11.5 Å². The molecule has 4 aliphatic carbocycles. The third-order valence-electron chi connectivity index (χ3n) is 10.5. The van der Waals surface area contributed by atoms with Gasteiger partial charge in [0.1, 0.15) is 0 Å². The summed E-state index contributed by atoms with van der Waals surface area (Å²) >= 11 is 1.84. The highest BCUT2D eigenvalue weighted by Crippen LogP contribution is 2.67. The van der Waals surface area contributed by atoms with Crippen LogP contribution in [0.15, 0.2) is 29.2 Å². The molecule has 0 bridgehead atoms. The van der Waals surface area contributed by atoms with Gasteiger partial charge in [-0.15, -0.1) is 11.3 Å². The van der Waals surface area contributed by atoms with Gasteiger partial charge in [0.15, 0.2) is 0 Å². The van der Waals surface area contributed by atoms with E-state index >= 15 is 0 Å². The highest BCUT2D eigenvalue weighted by Gasteiger charge is 2.61. The Labute approximate surface area is 193 Å². The summed E-state index contributed by atoms with van der Waals surface area (Å²) in [6.45, 7) is 7.19. The summed E-state index contributed by atoms with van der Waals surface area (Å²) in [5.74, 6) is 2.73. The molecule has 2 N–H and O–H groups in total. The molecule has 3 heteroatoms. The van der Waals surface area contributed by atoms with E-state index < -0.39 is 5.60 Å². The Bertz CT molecular complexity index is 811. The first kappa shape index (κ1) is 22.2. The van der Waals surface area contributed by atoms with E-state index in [9.17, 15) is 10.2 Å². The molecule has 1 aromatic heterocycles. The maximum absolute atomic E-state index is 11.7. The first-order valence-electron chi connectivity index (χ1n) is 12.9. The third-order valence-corrected chi connectivity index (χ3v) is 11.5. The molecule has 3 saturated carbocycles. The Hall–Kier alpha value is -0.640. The molecule has 2 nitrogen and oxygen atoms in total. The summed E-state index contributed by atoms with van der Waals surface area (Å²) in [5, 5.41) is 24.1. The van der Waals surface area contributed by atoms with Gasteiger partial charge in [-0.05, 0) is 124 Å². The van der Waals surface area contributed by atoms with E-state index in [1.807, 2.05) is 11.3 Å². The maximum Gasteiger partial charge on any atom is 0.0653 e. The second-order valence-electron chi connectivity index (χ2n) is 12.1. The molecule has 1 heterocycles. The molecule has 0 saturated heterocycles. The Morgan fingerprint density at radius 3 is 2.74 bits per heavy atom. The van der Waals surface area contributed by atoms with Gasteiger partial charge in [0, 0.05) is 4.88 Å². The molecule has 4 unspecified atom stereocenters. The highest BCUT2D eigenvalue weighted by atomic mass is 32.1. The number of allylic oxidation sites excluding steroid dienone is 1. The topological polar surface area (TPSA) is 40.5 Å². The van der Waals surface area contributed by atoms with Crippen molar-refractivity contribution >= 4 is 11.3 Å². The summed E-state index contributed by atoms with van der Waals surface area (Å²) in [5.41, 5.74) is 1.60. The monoisotopic (exact) mass is 442 g/mol. The number of aliphatic hydroxyl groups is 2. The van der Waals surface area contributed by atoms with Gasteiger partial charge in [-0.2, -0.15) is 0 Å². The number of fused-ring (bicyclic) bond motifs is 5. The van der Waals surface area contributed by atoms with Crippen molar-refractivity contribution in [2.24, 2.45) is 34.5 Å². The van der Waals surface area contributed by atoms with Crippen LogP contribution in [-0.4, -0.2) is 21.9 Å². The SMILES string of the molecule is C[C@]12CCC3C(CC=C4C[C@@H](O)CC[C@@]43C)C1CCC2[C@@](C)(O)CCCc1cccs1. The van der Waals surface area contributed by atoms with Crippen LogP contribution in [-0.2, 0) is 6.42 Å². The minimum absolute atomic E-state index is 0.120. The standard InChI is InChI=1S/C28H42O2S/c1-26-15-12-20(29)18-19(26)8-9-22-23-10-11-25(27(23,2)16-13-24(22)26)28(3,30)14-4-6-21-7-5-17-31-21/h5,7-8,17,20,22-25,29-30H,4,6,9-16,18H2,1-3H3/t20-,22?,23?,24?,25?,26-,27-,28-/m0/s1. The van der Waals surface area contributed by atoms with Gasteiger partial charge in [0.05, 0.1) is 11.7 Å². The first-order chi connectivity index (χ1) is 14.7. The number of hydrogen-bond donors (Lipinski definition) is 2. The zero-order valence-corrected chi connectivity index (χ0v) is 20.6. The Morgan fingerprint density at radius 2 is 1.97 bits per heavy atom. The van der Waals surface area contributed by atoms with Crippen molar-refractivity contribution in [2.45, 2.75) is 103 Å². The summed E-state index contributed by atoms with van der Waals surface area (Å²) < 4.78 is 0. The van der Waals surface area contributed by atoms with E-state index in [1.54, 1.807) is 5.57 Å². The lowest BCUT2D eigenvalue weighted by atomic mass is 9.46. The van der Waals surface area contributed by atoms with Gasteiger partial charge < -0.3 is 10.2 Å². The van der Waals surface area contributed by atoms with E-state index in [2.05, 4.69) is 44.4 Å². The Balaban J connectivity index is 1.31. The second-order valence-corrected chi connectivity index (χ2v) is 13.2. The van der Waals surface area contributed by atoms with Gasteiger partial charge in [-0.25, -0.2) is 0 Å². The van der Waals surface area contributed by atoms with Crippen molar-refractivity contribution in [1.29, 1.82) is 0 Å². The Kier molecular flexibility index (Phi) is 5.71. The van der Waals surface area contributed by atoms with Crippen LogP contribution in [0.25, 0.3) is 0 Å². The summed E-state index contributed by atoms with van der Waals surface area (Å²) in [6.07, 6.45) is 14.8. The van der Waals surface area contributed by atoms with Crippen molar-refractivity contribution < 1.29 is 10.2 Å². The average Bonchev–Trinajstić information content (AvgIpc) is 3.35. The zero-order valence-electron chi connectivity index (χ0n) is 19.8. The molecule has 0 aromatic carbocycles. The van der Waals surface area contributed by atoms with E-state index in [0.717, 1.165) is 56.3 Å². The van der Waals surface area contributed by atoms with Crippen molar-refractivity contribution in [3.05, 3.63) is 34.0 Å². The average molecular weight is 443 g/mol. The van der Waals surface area contributed by atoms with E-state index in [1.165, 1.54) is 37.0 Å². The van der Waals surface area contributed by atoms with Gasteiger partial charge in [0.25, 0.3) is 0 Å².